The SMILES string of the molecule is COC(=O)C(C#N)(CCC(F)(F)F)Cc1ccc([N+](=O)[O-])cc1. The van der Waals surface area contributed by atoms with Crippen LogP contribution in [0.15, 0.2) is 24.3 Å². The van der Waals surface area contributed by atoms with Crippen LogP contribution in [-0.2, 0) is 16.0 Å². The average Bonchev–Trinajstić information content (AvgIpc) is 2.50. The highest BCUT2D eigenvalue weighted by atomic mass is 19.4. The summed E-state index contributed by atoms with van der Waals surface area (Å²) in [4.78, 5) is 21.8. The lowest BCUT2D eigenvalue weighted by atomic mass is 9.79. The van der Waals surface area contributed by atoms with Crippen LogP contribution in [0.1, 0.15) is 18.4 Å². The summed E-state index contributed by atoms with van der Waals surface area (Å²) >= 11 is 0. The van der Waals surface area contributed by atoms with Gasteiger partial charge in [-0.2, -0.15) is 18.4 Å². The Kier molecular flexibility index (Phi) is 5.68. The first-order valence-corrected chi connectivity index (χ1v) is 6.43. The molecule has 0 heterocycles. The van der Waals surface area contributed by atoms with Crippen molar-refractivity contribution in [1.29, 1.82) is 5.26 Å². The van der Waals surface area contributed by atoms with Gasteiger partial charge in [0.1, 0.15) is 0 Å². The van der Waals surface area contributed by atoms with E-state index in [1.165, 1.54) is 12.1 Å². The molecule has 23 heavy (non-hydrogen) atoms. The van der Waals surface area contributed by atoms with Crippen LogP contribution in [0.4, 0.5) is 18.9 Å². The van der Waals surface area contributed by atoms with E-state index >= 15 is 0 Å². The summed E-state index contributed by atoms with van der Waals surface area (Å²) in [6.45, 7) is 0. The molecule has 0 fully saturated rings. The van der Waals surface area contributed by atoms with Gasteiger partial charge in [-0.15, -0.1) is 0 Å². The predicted molar refractivity (Wildman–Crippen MR) is 72.2 cm³/mol. The zero-order chi connectivity index (χ0) is 17.7. The first kappa shape index (κ1) is 18.4. The minimum absolute atomic E-state index is 0.204. The zero-order valence-electron chi connectivity index (χ0n) is 12.1. The molecular formula is C14H13F3N2O4. The molecule has 1 rings (SSSR count). The summed E-state index contributed by atoms with van der Waals surface area (Å²) in [5.41, 5.74) is -1.88. The average molecular weight is 330 g/mol. The van der Waals surface area contributed by atoms with E-state index in [9.17, 15) is 33.3 Å². The number of nitrogens with zero attached hydrogens (tertiary/aromatic N) is 2. The first-order valence-electron chi connectivity index (χ1n) is 6.43. The lowest BCUT2D eigenvalue weighted by Crippen LogP contribution is -2.34. The van der Waals surface area contributed by atoms with E-state index in [1.807, 2.05) is 0 Å². The predicted octanol–water partition coefficient (Wildman–Crippen LogP) is 3.16. The maximum atomic E-state index is 12.4. The summed E-state index contributed by atoms with van der Waals surface area (Å²) in [7, 11) is 0.984. The molecule has 9 heteroatoms. The summed E-state index contributed by atoms with van der Waals surface area (Å²) in [6.07, 6.45) is -6.92. The highest BCUT2D eigenvalue weighted by Crippen LogP contribution is 2.35. The molecule has 0 aromatic heterocycles. The minimum atomic E-state index is -4.52. The number of ether oxygens (including phenoxy) is 1. The number of esters is 1. The Morgan fingerprint density at radius 1 is 1.30 bits per heavy atom. The van der Waals surface area contributed by atoms with Gasteiger partial charge in [-0.3, -0.25) is 14.9 Å². The molecule has 0 bridgehead atoms. The van der Waals surface area contributed by atoms with Crippen LogP contribution in [0.2, 0.25) is 0 Å². The third-order valence-corrected chi connectivity index (χ3v) is 3.28. The normalized spacial score (nSPS) is 13.7. The van der Waals surface area contributed by atoms with Crippen LogP contribution in [0, 0.1) is 26.9 Å². The Morgan fingerprint density at radius 3 is 2.26 bits per heavy atom. The number of hydrogen-bond acceptors (Lipinski definition) is 5. The minimum Gasteiger partial charge on any atom is -0.468 e. The molecule has 0 saturated heterocycles. The van der Waals surface area contributed by atoms with Crippen molar-refractivity contribution in [1.82, 2.24) is 0 Å². The Balaban J connectivity index is 3.07. The number of methoxy groups -OCH3 is 1. The molecule has 0 spiro atoms. The maximum absolute atomic E-state index is 12.4. The molecule has 1 unspecified atom stereocenters. The second kappa shape index (κ2) is 7.09. The van der Waals surface area contributed by atoms with Crippen LogP contribution in [0.25, 0.3) is 0 Å². The van der Waals surface area contributed by atoms with Crippen molar-refractivity contribution in [3.05, 3.63) is 39.9 Å². The monoisotopic (exact) mass is 330 g/mol. The lowest BCUT2D eigenvalue weighted by Gasteiger charge is -2.24. The molecule has 0 N–H and O–H groups in total. The van der Waals surface area contributed by atoms with Crippen molar-refractivity contribution in [3.8, 4) is 6.07 Å². The Morgan fingerprint density at radius 2 is 1.87 bits per heavy atom. The van der Waals surface area contributed by atoms with Crippen LogP contribution in [0.3, 0.4) is 0 Å². The number of non-ortho nitro benzene ring substituents is 1. The standard InChI is InChI=1S/C14H13F3N2O4/c1-23-12(20)13(9-18,6-7-14(15,16)17)8-10-2-4-11(5-3-10)19(21)22/h2-5H,6-8H2,1H3. The quantitative estimate of drug-likeness (QED) is 0.454. The Labute approximate surface area is 129 Å². The number of benzene rings is 1. The highest BCUT2D eigenvalue weighted by Gasteiger charge is 2.43. The largest absolute Gasteiger partial charge is 0.468 e. The lowest BCUT2D eigenvalue weighted by molar-refractivity contribution is -0.384. The zero-order valence-corrected chi connectivity index (χ0v) is 12.1. The molecule has 1 aromatic carbocycles. The second-order valence-electron chi connectivity index (χ2n) is 4.90. The van der Waals surface area contributed by atoms with E-state index in [0.717, 1.165) is 19.2 Å². The first-order chi connectivity index (χ1) is 10.6. The number of carbonyl (C=O) groups is 1. The number of halogens is 3. The number of alkyl halides is 3. The molecule has 0 aliphatic rings. The van der Waals surface area contributed by atoms with Gasteiger partial charge in [0.05, 0.1) is 18.1 Å². The van der Waals surface area contributed by atoms with Gasteiger partial charge in [-0.05, 0) is 12.0 Å². The van der Waals surface area contributed by atoms with Crippen LogP contribution in [0.5, 0.6) is 0 Å². The van der Waals surface area contributed by atoms with Gasteiger partial charge in [0.15, 0.2) is 5.41 Å². The summed E-state index contributed by atoms with van der Waals surface area (Å²) in [5.74, 6) is -1.07. The smallest absolute Gasteiger partial charge is 0.389 e. The van der Waals surface area contributed by atoms with Crippen molar-refractivity contribution in [3.63, 3.8) is 0 Å². The fourth-order valence-corrected chi connectivity index (χ4v) is 2.04. The Hall–Kier alpha value is -2.63. The van der Waals surface area contributed by atoms with Crippen LogP contribution < -0.4 is 0 Å². The molecule has 0 aliphatic carbocycles. The van der Waals surface area contributed by atoms with Gasteiger partial charge in [0.2, 0.25) is 0 Å². The Bertz CT molecular complexity index is 622. The van der Waals surface area contributed by atoms with Crippen molar-refractivity contribution >= 4 is 11.7 Å². The molecule has 124 valence electrons. The number of nitro benzene ring substituents is 1. The van der Waals surface area contributed by atoms with Crippen LogP contribution >= 0.6 is 0 Å². The number of nitro groups is 1. The molecule has 0 saturated carbocycles. The van der Waals surface area contributed by atoms with Crippen molar-refractivity contribution in [2.45, 2.75) is 25.4 Å². The molecule has 0 amide bonds. The second-order valence-corrected chi connectivity index (χ2v) is 4.90. The highest BCUT2D eigenvalue weighted by molar-refractivity contribution is 5.80. The molecule has 6 nitrogen and oxygen atoms in total. The van der Waals surface area contributed by atoms with Gasteiger partial charge in [0.25, 0.3) is 5.69 Å². The molecule has 1 atom stereocenters. The van der Waals surface area contributed by atoms with E-state index in [4.69, 9.17) is 0 Å². The van der Waals surface area contributed by atoms with Crippen molar-refractivity contribution in [2.75, 3.05) is 7.11 Å². The van der Waals surface area contributed by atoms with E-state index < -0.39 is 35.3 Å². The maximum Gasteiger partial charge on any atom is 0.389 e. The van der Waals surface area contributed by atoms with Gasteiger partial charge in [0, 0.05) is 25.0 Å². The van der Waals surface area contributed by atoms with Gasteiger partial charge in [-0.25, -0.2) is 0 Å². The number of rotatable bonds is 6. The molecule has 0 aliphatic heterocycles. The molecular weight excluding hydrogens is 317 g/mol. The fourth-order valence-electron chi connectivity index (χ4n) is 2.04. The molecule has 0 radical (unpaired) electrons. The van der Waals surface area contributed by atoms with Crippen LogP contribution in [-0.4, -0.2) is 24.2 Å². The van der Waals surface area contributed by atoms with E-state index in [0.29, 0.717) is 5.56 Å². The number of hydrogen-bond donors (Lipinski definition) is 0. The van der Waals surface area contributed by atoms with E-state index in [-0.39, 0.29) is 12.1 Å². The van der Waals surface area contributed by atoms with Gasteiger partial charge >= 0.3 is 12.1 Å². The topological polar surface area (TPSA) is 93.2 Å². The number of carbonyl (C=O) groups excluding carboxylic acids is 1. The van der Waals surface area contributed by atoms with Gasteiger partial charge in [-0.1, -0.05) is 12.1 Å². The third kappa shape index (κ3) is 4.95. The summed E-state index contributed by atoms with van der Waals surface area (Å²) in [6, 6.07) is 6.50. The number of nitriles is 1. The van der Waals surface area contributed by atoms with Gasteiger partial charge < -0.3 is 4.74 Å². The molecule has 1 aromatic rings. The third-order valence-electron chi connectivity index (χ3n) is 3.28. The van der Waals surface area contributed by atoms with Crippen molar-refractivity contribution in [2.24, 2.45) is 5.41 Å². The fraction of sp³-hybridized carbons (Fsp3) is 0.429. The summed E-state index contributed by atoms with van der Waals surface area (Å²) in [5, 5.41) is 19.8. The van der Waals surface area contributed by atoms with E-state index in [1.54, 1.807) is 6.07 Å². The van der Waals surface area contributed by atoms with Crippen molar-refractivity contribution < 1.29 is 27.6 Å². The summed E-state index contributed by atoms with van der Waals surface area (Å²) < 4.78 is 41.8. The van der Waals surface area contributed by atoms with E-state index in [2.05, 4.69) is 4.74 Å².